The molecule has 0 saturated carbocycles. The van der Waals surface area contributed by atoms with E-state index in [0.29, 0.717) is 0 Å². The highest BCUT2D eigenvalue weighted by Gasteiger charge is 2.04. The van der Waals surface area contributed by atoms with Crippen molar-refractivity contribution in [3.05, 3.63) is 40.5 Å². The zero-order valence-electron chi connectivity index (χ0n) is 7.12. The summed E-state index contributed by atoms with van der Waals surface area (Å²) < 4.78 is 0. The maximum absolute atomic E-state index is 5.97. The summed E-state index contributed by atoms with van der Waals surface area (Å²) in [4.78, 5) is 6.39. The molecule has 3 heteroatoms. The van der Waals surface area contributed by atoms with Gasteiger partial charge in [0.1, 0.15) is 0 Å². The van der Waals surface area contributed by atoms with Crippen LogP contribution in [0.2, 0.25) is 5.02 Å². The van der Waals surface area contributed by atoms with Gasteiger partial charge in [-0.2, -0.15) is 0 Å². The highest BCUT2D eigenvalue weighted by Crippen LogP contribution is 2.33. The lowest BCUT2D eigenvalue weighted by atomic mass is 10.2. The van der Waals surface area contributed by atoms with Crippen molar-refractivity contribution in [2.75, 3.05) is 0 Å². The third-order valence-corrected chi connectivity index (χ3v) is 3.41. The van der Waals surface area contributed by atoms with Crippen molar-refractivity contribution in [3.8, 4) is 10.4 Å². The Bertz CT molecular complexity index is 389. The first-order valence-electron chi connectivity index (χ1n) is 3.93. The first kappa shape index (κ1) is 8.73. The molecule has 2 aromatic rings. The molecule has 0 aromatic carbocycles. The maximum Gasteiger partial charge on any atom is 0.0548 e. The molecule has 0 spiro atoms. The van der Waals surface area contributed by atoms with Gasteiger partial charge in [0.25, 0.3) is 0 Å². The van der Waals surface area contributed by atoms with E-state index >= 15 is 0 Å². The molecule has 0 fully saturated rings. The van der Waals surface area contributed by atoms with Gasteiger partial charge >= 0.3 is 0 Å². The fourth-order valence-corrected chi connectivity index (χ4v) is 2.30. The predicted octanol–water partition coefficient (Wildman–Crippen LogP) is 3.77. The van der Waals surface area contributed by atoms with E-state index in [2.05, 4.69) is 4.98 Å². The van der Waals surface area contributed by atoms with Crippen molar-refractivity contribution in [2.24, 2.45) is 0 Å². The third kappa shape index (κ3) is 1.74. The van der Waals surface area contributed by atoms with Gasteiger partial charge < -0.3 is 0 Å². The molecule has 0 radical (unpaired) electrons. The Morgan fingerprint density at radius 2 is 2.31 bits per heavy atom. The fraction of sp³-hybridized carbons (Fsp3) is 0.100. The lowest BCUT2D eigenvalue weighted by molar-refractivity contribution is 1.33. The van der Waals surface area contributed by atoms with Crippen LogP contribution in [0.15, 0.2) is 30.6 Å². The summed E-state index contributed by atoms with van der Waals surface area (Å²) in [5.41, 5.74) is 1.13. The second-order valence-electron chi connectivity index (χ2n) is 2.76. The van der Waals surface area contributed by atoms with E-state index < -0.39 is 0 Å². The van der Waals surface area contributed by atoms with Crippen molar-refractivity contribution in [2.45, 2.75) is 6.92 Å². The molecule has 0 bridgehead atoms. The van der Waals surface area contributed by atoms with Gasteiger partial charge in [-0.3, -0.25) is 4.98 Å². The molecule has 0 aliphatic carbocycles. The van der Waals surface area contributed by atoms with Crippen LogP contribution in [0.3, 0.4) is 0 Å². The van der Waals surface area contributed by atoms with E-state index in [1.807, 2.05) is 31.3 Å². The standard InChI is InChI=1S/C10H8ClNS/c1-7-9(11)5-10(13-7)8-3-2-4-12-6-8/h2-6H,1H3. The second-order valence-corrected chi connectivity index (χ2v) is 4.42. The SMILES string of the molecule is Cc1sc(-c2cccnc2)cc1Cl. The van der Waals surface area contributed by atoms with E-state index in [4.69, 9.17) is 11.6 Å². The smallest absolute Gasteiger partial charge is 0.0548 e. The Kier molecular flexibility index (Phi) is 2.34. The highest BCUT2D eigenvalue weighted by molar-refractivity contribution is 7.16. The van der Waals surface area contributed by atoms with Crippen molar-refractivity contribution in [1.82, 2.24) is 4.98 Å². The van der Waals surface area contributed by atoms with Gasteiger partial charge in [0.15, 0.2) is 0 Å². The van der Waals surface area contributed by atoms with Crippen LogP contribution >= 0.6 is 22.9 Å². The number of aromatic nitrogens is 1. The molecule has 1 nitrogen and oxygen atoms in total. The highest BCUT2D eigenvalue weighted by atomic mass is 35.5. The van der Waals surface area contributed by atoms with E-state index in [-0.39, 0.29) is 0 Å². The Labute approximate surface area is 86.0 Å². The van der Waals surface area contributed by atoms with Crippen LogP contribution < -0.4 is 0 Å². The van der Waals surface area contributed by atoms with Gasteiger partial charge in [0, 0.05) is 27.7 Å². The molecular weight excluding hydrogens is 202 g/mol. The number of pyridine rings is 1. The number of aryl methyl sites for hydroxylation is 1. The van der Waals surface area contributed by atoms with Gasteiger partial charge in [0.05, 0.1) is 5.02 Å². The third-order valence-electron chi connectivity index (χ3n) is 1.80. The van der Waals surface area contributed by atoms with Crippen molar-refractivity contribution < 1.29 is 0 Å². The number of hydrogen-bond acceptors (Lipinski definition) is 2. The number of nitrogens with zero attached hydrogens (tertiary/aromatic N) is 1. The zero-order valence-corrected chi connectivity index (χ0v) is 8.69. The summed E-state index contributed by atoms with van der Waals surface area (Å²) in [6.07, 6.45) is 3.62. The first-order chi connectivity index (χ1) is 6.27. The van der Waals surface area contributed by atoms with Gasteiger partial charge in [0.2, 0.25) is 0 Å². The largest absolute Gasteiger partial charge is 0.264 e. The summed E-state index contributed by atoms with van der Waals surface area (Å²) in [5, 5.41) is 0.837. The monoisotopic (exact) mass is 209 g/mol. The lowest BCUT2D eigenvalue weighted by Gasteiger charge is -1.92. The molecule has 0 aliphatic rings. The van der Waals surface area contributed by atoms with E-state index in [1.54, 1.807) is 17.5 Å². The van der Waals surface area contributed by atoms with E-state index in [9.17, 15) is 0 Å². The lowest BCUT2D eigenvalue weighted by Crippen LogP contribution is -1.72. The van der Waals surface area contributed by atoms with Crippen LogP contribution in [-0.4, -0.2) is 4.98 Å². The fourth-order valence-electron chi connectivity index (χ4n) is 1.11. The van der Waals surface area contributed by atoms with Gasteiger partial charge in [-0.25, -0.2) is 0 Å². The molecule has 0 atom stereocenters. The van der Waals surface area contributed by atoms with E-state index in [1.165, 1.54) is 4.88 Å². The molecule has 13 heavy (non-hydrogen) atoms. The van der Waals surface area contributed by atoms with Crippen LogP contribution in [0, 0.1) is 6.92 Å². The summed E-state index contributed by atoms with van der Waals surface area (Å²) >= 11 is 7.66. The Morgan fingerprint density at radius 3 is 2.85 bits per heavy atom. The Morgan fingerprint density at radius 1 is 1.46 bits per heavy atom. The van der Waals surface area contributed by atoms with Crippen LogP contribution in [0.25, 0.3) is 10.4 Å². The minimum Gasteiger partial charge on any atom is -0.264 e. The number of halogens is 1. The van der Waals surface area contributed by atoms with E-state index in [0.717, 1.165) is 15.5 Å². The number of hydrogen-bond donors (Lipinski definition) is 0. The molecule has 0 unspecified atom stereocenters. The van der Waals surface area contributed by atoms with Gasteiger partial charge in [-0.15, -0.1) is 11.3 Å². The summed E-state index contributed by atoms with van der Waals surface area (Å²) in [6, 6.07) is 5.95. The van der Waals surface area contributed by atoms with Gasteiger partial charge in [-0.05, 0) is 19.1 Å². The molecule has 2 rings (SSSR count). The van der Waals surface area contributed by atoms with Crippen LogP contribution in [0.4, 0.5) is 0 Å². The van der Waals surface area contributed by atoms with Crippen LogP contribution in [-0.2, 0) is 0 Å². The topological polar surface area (TPSA) is 12.9 Å². The second kappa shape index (κ2) is 3.48. The van der Waals surface area contributed by atoms with Crippen molar-refractivity contribution in [3.63, 3.8) is 0 Å². The van der Waals surface area contributed by atoms with Gasteiger partial charge in [-0.1, -0.05) is 17.7 Å². The first-order valence-corrected chi connectivity index (χ1v) is 5.13. The van der Waals surface area contributed by atoms with Crippen LogP contribution in [0.1, 0.15) is 4.88 Å². The normalized spacial score (nSPS) is 10.3. The average molecular weight is 210 g/mol. The Balaban J connectivity index is 2.48. The minimum atomic E-state index is 0.837. The quantitative estimate of drug-likeness (QED) is 0.697. The zero-order chi connectivity index (χ0) is 9.26. The summed E-state index contributed by atoms with van der Waals surface area (Å²) in [5.74, 6) is 0. The molecule has 2 aromatic heterocycles. The minimum absolute atomic E-state index is 0.837. The molecule has 2 heterocycles. The van der Waals surface area contributed by atoms with Crippen molar-refractivity contribution in [1.29, 1.82) is 0 Å². The average Bonchev–Trinajstić information content (AvgIpc) is 2.49. The molecule has 0 aliphatic heterocycles. The summed E-state index contributed by atoms with van der Waals surface area (Å²) in [7, 11) is 0. The molecule has 0 saturated heterocycles. The van der Waals surface area contributed by atoms with Crippen molar-refractivity contribution >= 4 is 22.9 Å². The van der Waals surface area contributed by atoms with Crippen LogP contribution in [0.5, 0.6) is 0 Å². The summed E-state index contributed by atoms with van der Waals surface area (Å²) in [6.45, 7) is 2.02. The Hall–Kier alpha value is -0.860. The predicted molar refractivity (Wildman–Crippen MR) is 57.3 cm³/mol. The molecular formula is C10H8ClNS. The molecule has 0 amide bonds. The number of thiophene rings is 1. The molecule has 66 valence electrons. The maximum atomic E-state index is 5.97. The molecule has 0 N–H and O–H groups in total. The number of rotatable bonds is 1.